The normalized spacial score (nSPS) is 10.8. The number of hydrogen-bond acceptors (Lipinski definition) is 5. The second-order valence-corrected chi connectivity index (χ2v) is 8.24. The van der Waals surface area contributed by atoms with E-state index in [0.29, 0.717) is 31.4 Å². The van der Waals surface area contributed by atoms with Gasteiger partial charge in [0.05, 0.1) is 0 Å². The summed E-state index contributed by atoms with van der Waals surface area (Å²) in [5.74, 6) is -0.240. The number of aromatic nitrogens is 2. The number of halogens is 2. The molecule has 26 heavy (non-hydrogen) atoms. The van der Waals surface area contributed by atoms with E-state index < -0.39 is 0 Å². The highest BCUT2D eigenvalue weighted by Crippen LogP contribution is 2.31. The van der Waals surface area contributed by atoms with Crippen molar-refractivity contribution in [3.05, 3.63) is 69.5 Å². The predicted octanol–water partition coefficient (Wildman–Crippen LogP) is 5.49. The van der Waals surface area contributed by atoms with E-state index in [9.17, 15) is 9.18 Å². The van der Waals surface area contributed by atoms with Gasteiger partial charge in [-0.3, -0.25) is 10.1 Å². The quantitative estimate of drug-likeness (QED) is 0.448. The van der Waals surface area contributed by atoms with Crippen molar-refractivity contribution in [1.29, 1.82) is 0 Å². The topological polar surface area (TPSA) is 54.9 Å². The molecule has 0 aliphatic heterocycles. The maximum absolute atomic E-state index is 13.8. The number of thioether (sulfide) groups is 1. The Hall–Kier alpha value is -1.96. The average molecular weight is 408 g/mol. The van der Waals surface area contributed by atoms with Crippen LogP contribution in [-0.4, -0.2) is 16.1 Å². The fourth-order valence-electron chi connectivity index (χ4n) is 2.36. The second kappa shape index (κ2) is 8.16. The van der Waals surface area contributed by atoms with Crippen molar-refractivity contribution in [1.82, 2.24) is 10.2 Å². The molecule has 2 aromatic carbocycles. The van der Waals surface area contributed by atoms with Crippen LogP contribution >= 0.6 is 34.7 Å². The van der Waals surface area contributed by atoms with Gasteiger partial charge in [0.2, 0.25) is 5.13 Å². The number of anilines is 1. The number of hydrogen-bond donors (Lipinski definition) is 1. The molecular formula is C18H15ClFN3OS2. The van der Waals surface area contributed by atoms with Gasteiger partial charge in [0.1, 0.15) is 5.82 Å². The number of nitrogens with one attached hydrogen (secondary N) is 1. The van der Waals surface area contributed by atoms with E-state index in [4.69, 9.17) is 11.6 Å². The summed E-state index contributed by atoms with van der Waals surface area (Å²) in [7, 11) is 0. The minimum atomic E-state index is -0.349. The van der Waals surface area contributed by atoms with Gasteiger partial charge in [0.15, 0.2) is 4.34 Å². The molecule has 4 nitrogen and oxygen atoms in total. The largest absolute Gasteiger partial charge is 0.296 e. The van der Waals surface area contributed by atoms with Crippen molar-refractivity contribution in [2.24, 2.45) is 0 Å². The summed E-state index contributed by atoms with van der Waals surface area (Å²) < 4.78 is 14.4. The van der Waals surface area contributed by atoms with Crippen LogP contribution in [0.25, 0.3) is 0 Å². The minimum Gasteiger partial charge on any atom is -0.296 e. The van der Waals surface area contributed by atoms with Crippen LogP contribution in [0, 0.1) is 19.7 Å². The molecule has 0 radical (unpaired) electrons. The highest BCUT2D eigenvalue weighted by Gasteiger charge is 2.14. The predicted molar refractivity (Wildman–Crippen MR) is 105 cm³/mol. The molecule has 134 valence electrons. The van der Waals surface area contributed by atoms with Crippen LogP contribution in [0.1, 0.15) is 27.0 Å². The van der Waals surface area contributed by atoms with Crippen molar-refractivity contribution in [2.75, 3.05) is 5.32 Å². The highest BCUT2D eigenvalue weighted by atomic mass is 35.5. The lowest BCUT2D eigenvalue weighted by Crippen LogP contribution is -2.13. The zero-order valence-electron chi connectivity index (χ0n) is 14.0. The van der Waals surface area contributed by atoms with Crippen molar-refractivity contribution in [2.45, 2.75) is 23.9 Å². The van der Waals surface area contributed by atoms with E-state index in [1.807, 2.05) is 26.0 Å². The average Bonchev–Trinajstić information content (AvgIpc) is 3.01. The van der Waals surface area contributed by atoms with E-state index in [1.165, 1.54) is 29.2 Å². The number of aryl methyl sites for hydroxylation is 2. The third kappa shape index (κ3) is 4.41. The zero-order chi connectivity index (χ0) is 18.7. The summed E-state index contributed by atoms with van der Waals surface area (Å²) in [6.45, 7) is 3.87. The van der Waals surface area contributed by atoms with Gasteiger partial charge in [-0.25, -0.2) is 4.39 Å². The van der Waals surface area contributed by atoms with Gasteiger partial charge in [-0.1, -0.05) is 58.5 Å². The van der Waals surface area contributed by atoms with Crippen molar-refractivity contribution in [3.63, 3.8) is 0 Å². The molecule has 0 spiro atoms. The number of benzene rings is 2. The van der Waals surface area contributed by atoms with Crippen LogP contribution in [0.2, 0.25) is 5.02 Å². The summed E-state index contributed by atoms with van der Waals surface area (Å²) in [6, 6.07) is 10.2. The molecule has 0 bridgehead atoms. The lowest BCUT2D eigenvalue weighted by Gasteiger charge is -2.05. The number of rotatable bonds is 5. The van der Waals surface area contributed by atoms with Gasteiger partial charge >= 0.3 is 0 Å². The summed E-state index contributed by atoms with van der Waals surface area (Å²) in [5.41, 5.74) is 3.02. The Labute approximate surface area is 163 Å². The van der Waals surface area contributed by atoms with E-state index in [0.717, 1.165) is 11.1 Å². The highest BCUT2D eigenvalue weighted by molar-refractivity contribution is 8.00. The molecule has 3 aromatic rings. The molecule has 1 aromatic heterocycles. The fourth-order valence-corrected chi connectivity index (χ4v) is 4.45. The molecule has 1 N–H and O–H groups in total. The molecular weight excluding hydrogens is 393 g/mol. The van der Waals surface area contributed by atoms with E-state index >= 15 is 0 Å². The van der Waals surface area contributed by atoms with Gasteiger partial charge in [0.25, 0.3) is 5.91 Å². The molecule has 1 amide bonds. The van der Waals surface area contributed by atoms with E-state index in [-0.39, 0.29) is 11.7 Å². The van der Waals surface area contributed by atoms with E-state index in [1.54, 1.807) is 18.2 Å². The first-order valence-electron chi connectivity index (χ1n) is 7.72. The Kier molecular flexibility index (Phi) is 5.90. The van der Waals surface area contributed by atoms with Gasteiger partial charge in [0, 0.05) is 21.9 Å². The molecule has 0 aliphatic carbocycles. The number of carbonyl (C=O) groups excluding carboxylic acids is 1. The standard InChI is InChI=1S/C18H15ClFN3OS2/c1-10-6-7-12(11(2)8-10)16(24)21-17-22-23-18(26-17)25-9-13-14(19)4-3-5-15(13)20/h3-8H,9H2,1-2H3,(H,21,22,24). The molecule has 0 saturated heterocycles. The zero-order valence-corrected chi connectivity index (χ0v) is 16.4. The third-order valence-electron chi connectivity index (χ3n) is 3.66. The first kappa shape index (κ1) is 18.8. The fraction of sp³-hybridized carbons (Fsp3) is 0.167. The first-order valence-corrected chi connectivity index (χ1v) is 9.90. The molecule has 8 heteroatoms. The van der Waals surface area contributed by atoms with Crippen LogP contribution < -0.4 is 5.32 Å². The van der Waals surface area contributed by atoms with E-state index in [2.05, 4.69) is 15.5 Å². The Bertz CT molecular complexity index is 941. The molecule has 1 heterocycles. The van der Waals surface area contributed by atoms with Crippen molar-refractivity contribution < 1.29 is 9.18 Å². The number of nitrogens with zero attached hydrogens (tertiary/aromatic N) is 2. The van der Waals surface area contributed by atoms with Gasteiger partial charge in [-0.15, -0.1) is 10.2 Å². The van der Waals surface area contributed by atoms with Gasteiger partial charge in [-0.05, 0) is 37.6 Å². The molecule has 0 unspecified atom stereocenters. The molecule has 0 fully saturated rings. The number of carbonyl (C=O) groups is 1. The Balaban J connectivity index is 1.65. The Morgan fingerprint density at radius 2 is 2.08 bits per heavy atom. The smallest absolute Gasteiger partial charge is 0.257 e. The lowest BCUT2D eigenvalue weighted by atomic mass is 10.1. The first-order chi connectivity index (χ1) is 12.4. The molecule has 0 aliphatic rings. The summed E-state index contributed by atoms with van der Waals surface area (Å²) in [6.07, 6.45) is 0. The molecule has 3 rings (SSSR count). The lowest BCUT2D eigenvalue weighted by molar-refractivity contribution is 0.102. The maximum atomic E-state index is 13.8. The van der Waals surface area contributed by atoms with Crippen LogP contribution in [0.15, 0.2) is 40.7 Å². The Morgan fingerprint density at radius 1 is 1.27 bits per heavy atom. The monoisotopic (exact) mass is 407 g/mol. The summed E-state index contributed by atoms with van der Waals surface area (Å²) >= 11 is 8.58. The minimum absolute atomic E-state index is 0.229. The van der Waals surface area contributed by atoms with Crippen LogP contribution in [-0.2, 0) is 5.75 Å². The molecule has 0 atom stereocenters. The Morgan fingerprint density at radius 3 is 2.81 bits per heavy atom. The maximum Gasteiger partial charge on any atom is 0.257 e. The van der Waals surface area contributed by atoms with Crippen molar-refractivity contribution in [3.8, 4) is 0 Å². The number of amides is 1. The van der Waals surface area contributed by atoms with Crippen LogP contribution in [0.5, 0.6) is 0 Å². The van der Waals surface area contributed by atoms with Gasteiger partial charge in [-0.2, -0.15) is 0 Å². The summed E-state index contributed by atoms with van der Waals surface area (Å²) in [5, 5.41) is 11.5. The SMILES string of the molecule is Cc1ccc(C(=O)Nc2nnc(SCc3c(F)cccc3Cl)s2)c(C)c1. The second-order valence-electron chi connectivity index (χ2n) is 5.63. The van der Waals surface area contributed by atoms with Crippen LogP contribution in [0.3, 0.4) is 0 Å². The van der Waals surface area contributed by atoms with Crippen molar-refractivity contribution >= 4 is 45.7 Å². The van der Waals surface area contributed by atoms with Crippen LogP contribution in [0.4, 0.5) is 9.52 Å². The summed E-state index contributed by atoms with van der Waals surface area (Å²) in [4.78, 5) is 12.4. The molecule has 0 saturated carbocycles. The third-order valence-corrected chi connectivity index (χ3v) is 6.01. The van der Waals surface area contributed by atoms with Gasteiger partial charge < -0.3 is 0 Å².